The van der Waals surface area contributed by atoms with Crippen LogP contribution in [0, 0.1) is 11.3 Å². The first-order valence-electron chi connectivity index (χ1n) is 10.5. The van der Waals surface area contributed by atoms with Crippen LogP contribution in [-0.2, 0) is 7.05 Å². The molecule has 2 atom stereocenters. The lowest BCUT2D eigenvalue weighted by atomic mass is 9.91. The molecule has 3 N–H and O–H groups in total. The van der Waals surface area contributed by atoms with E-state index >= 15 is 0 Å². The Morgan fingerprint density at radius 1 is 1.24 bits per heavy atom. The third kappa shape index (κ3) is 4.28. The molecule has 1 aromatic carbocycles. The first-order chi connectivity index (χ1) is 16.0. The Bertz CT molecular complexity index is 1340. The molecule has 1 fully saturated rings. The van der Waals surface area contributed by atoms with E-state index in [9.17, 15) is 0 Å². The van der Waals surface area contributed by atoms with Gasteiger partial charge in [-0.3, -0.25) is 4.68 Å². The summed E-state index contributed by atoms with van der Waals surface area (Å²) in [5.41, 5.74) is 9.19. The molecular weight excluding hydrogens is 440 g/mol. The van der Waals surface area contributed by atoms with Crippen LogP contribution in [0.5, 0.6) is 0 Å². The fourth-order valence-electron chi connectivity index (χ4n) is 4.13. The SMILES string of the molecule is Cn1cc2cc(Cl)c(Nc3nccc(C4CCN(c5ccc(C#N)nn5)C(N)C4)n3)cc2n1. The number of halogens is 1. The second kappa shape index (κ2) is 8.61. The quantitative estimate of drug-likeness (QED) is 0.470. The van der Waals surface area contributed by atoms with Gasteiger partial charge in [0.2, 0.25) is 5.95 Å². The van der Waals surface area contributed by atoms with Crippen molar-refractivity contribution in [2.75, 3.05) is 16.8 Å². The molecule has 33 heavy (non-hydrogen) atoms. The van der Waals surface area contributed by atoms with Gasteiger partial charge in [0, 0.05) is 43.0 Å². The average molecular weight is 461 g/mol. The molecule has 4 heterocycles. The van der Waals surface area contributed by atoms with Crippen LogP contribution in [0.4, 0.5) is 17.5 Å². The van der Waals surface area contributed by atoms with E-state index in [-0.39, 0.29) is 17.8 Å². The predicted molar refractivity (Wildman–Crippen MR) is 125 cm³/mol. The maximum atomic E-state index is 8.91. The first-order valence-corrected chi connectivity index (χ1v) is 10.9. The van der Waals surface area contributed by atoms with Crippen molar-refractivity contribution >= 4 is 40.0 Å². The van der Waals surface area contributed by atoms with Gasteiger partial charge in [-0.05, 0) is 43.2 Å². The molecule has 1 aliphatic rings. The maximum Gasteiger partial charge on any atom is 0.227 e. The fourth-order valence-corrected chi connectivity index (χ4v) is 4.35. The van der Waals surface area contributed by atoms with Crippen molar-refractivity contribution in [2.45, 2.75) is 24.9 Å². The molecule has 4 aromatic rings. The lowest BCUT2D eigenvalue weighted by Gasteiger charge is -2.37. The molecule has 0 spiro atoms. The van der Waals surface area contributed by atoms with Gasteiger partial charge in [0.15, 0.2) is 11.5 Å². The standard InChI is InChI=1S/C22H21ClN10/c1-32-12-14-8-16(23)19(10-18(14)31-32)28-22-26-6-4-17(27-22)13-5-7-33(20(25)9-13)21-3-2-15(11-24)29-30-21/h2-4,6,8,10,12-13,20H,5,7,9,25H2,1H3,(H,26,27,28). The number of nitrogens with zero attached hydrogens (tertiary/aromatic N) is 8. The zero-order valence-corrected chi connectivity index (χ0v) is 18.6. The van der Waals surface area contributed by atoms with Crippen LogP contribution in [0.25, 0.3) is 10.9 Å². The number of benzene rings is 1. The van der Waals surface area contributed by atoms with Crippen LogP contribution in [0.2, 0.25) is 5.02 Å². The Kier molecular flexibility index (Phi) is 5.50. The Morgan fingerprint density at radius 2 is 2.12 bits per heavy atom. The summed E-state index contributed by atoms with van der Waals surface area (Å²) in [4.78, 5) is 11.1. The van der Waals surface area contributed by atoms with Crippen molar-refractivity contribution < 1.29 is 0 Å². The van der Waals surface area contributed by atoms with Crippen molar-refractivity contribution in [1.29, 1.82) is 5.26 Å². The van der Waals surface area contributed by atoms with Gasteiger partial charge in [-0.15, -0.1) is 10.2 Å². The number of anilines is 3. The van der Waals surface area contributed by atoms with E-state index in [0.29, 0.717) is 35.4 Å². The second-order valence-electron chi connectivity index (χ2n) is 7.99. The molecule has 3 aromatic heterocycles. The largest absolute Gasteiger partial charge is 0.340 e. The summed E-state index contributed by atoms with van der Waals surface area (Å²) >= 11 is 6.46. The molecule has 0 amide bonds. The molecule has 0 bridgehead atoms. The Morgan fingerprint density at radius 3 is 2.88 bits per heavy atom. The summed E-state index contributed by atoms with van der Waals surface area (Å²) in [6, 6.07) is 11.1. The summed E-state index contributed by atoms with van der Waals surface area (Å²) < 4.78 is 1.75. The number of aryl methyl sites for hydroxylation is 1. The van der Waals surface area contributed by atoms with Crippen molar-refractivity contribution in [3.8, 4) is 6.07 Å². The minimum Gasteiger partial charge on any atom is -0.340 e. The highest BCUT2D eigenvalue weighted by Crippen LogP contribution is 2.32. The highest BCUT2D eigenvalue weighted by atomic mass is 35.5. The van der Waals surface area contributed by atoms with Crippen molar-refractivity contribution in [3.05, 3.63) is 59.1 Å². The van der Waals surface area contributed by atoms with E-state index in [1.54, 1.807) is 23.0 Å². The summed E-state index contributed by atoms with van der Waals surface area (Å²) in [6.07, 6.45) is 4.98. The second-order valence-corrected chi connectivity index (χ2v) is 8.40. The number of aromatic nitrogens is 6. The topological polar surface area (TPSA) is 134 Å². The number of nitrogens with two attached hydrogens (primary N) is 1. The summed E-state index contributed by atoms with van der Waals surface area (Å²) in [7, 11) is 1.87. The molecule has 10 nitrogen and oxygen atoms in total. The van der Waals surface area contributed by atoms with E-state index < -0.39 is 0 Å². The highest BCUT2D eigenvalue weighted by Gasteiger charge is 2.29. The van der Waals surface area contributed by atoms with Gasteiger partial charge in [0.05, 0.1) is 22.4 Å². The van der Waals surface area contributed by atoms with Crippen LogP contribution in [0.1, 0.15) is 30.1 Å². The van der Waals surface area contributed by atoms with Crippen LogP contribution >= 0.6 is 11.6 Å². The first kappa shape index (κ1) is 21.1. The Balaban J connectivity index is 1.31. The molecule has 1 saturated heterocycles. The van der Waals surface area contributed by atoms with Gasteiger partial charge in [-0.1, -0.05) is 11.6 Å². The molecule has 11 heteroatoms. The average Bonchev–Trinajstić information content (AvgIpc) is 3.18. The molecule has 0 saturated carbocycles. The summed E-state index contributed by atoms with van der Waals surface area (Å²) in [5.74, 6) is 1.32. The van der Waals surface area contributed by atoms with Gasteiger partial charge in [0.25, 0.3) is 0 Å². The number of piperidine rings is 1. The van der Waals surface area contributed by atoms with Gasteiger partial charge in [0.1, 0.15) is 6.07 Å². The van der Waals surface area contributed by atoms with E-state index in [2.05, 4.69) is 25.6 Å². The van der Waals surface area contributed by atoms with Crippen LogP contribution < -0.4 is 16.0 Å². The molecule has 5 rings (SSSR count). The van der Waals surface area contributed by atoms with E-state index in [0.717, 1.165) is 23.0 Å². The van der Waals surface area contributed by atoms with Gasteiger partial charge >= 0.3 is 0 Å². The van der Waals surface area contributed by atoms with Crippen LogP contribution in [-0.4, -0.2) is 42.7 Å². The number of hydrogen-bond donors (Lipinski definition) is 2. The molecule has 2 unspecified atom stereocenters. The van der Waals surface area contributed by atoms with Crippen molar-refractivity contribution in [3.63, 3.8) is 0 Å². The zero-order valence-electron chi connectivity index (χ0n) is 17.9. The molecule has 166 valence electrons. The minimum atomic E-state index is -0.238. The Labute approximate surface area is 195 Å². The number of nitrogens with one attached hydrogen (secondary N) is 1. The summed E-state index contributed by atoms with van der Waals surface area (Å²) in [6.45, 7) is 0.710. The van der Waals surface area contributed by atoms with Gasteiger partial charge in [-0.25, -0.2) is 9.97 Å². The number of fused-ring (bicyclic) bond motifs is 1. The highest BCUT2D eigenvalue weighted by molar-refractivity contribution is 6.34. The lowest BCUT2D eigenvalue weighted by molar-refractivity contribution is 0.410. The zero-order chi connectivity index (χ0) is 22.9. The maximum absolute atomic E-state index is 8.91. The number of rotatable bonds is 4. The van der Waals surface area contributed by atoms with E-state index in [1.807, 2.05) is 42.4 Å². The van der Waals surface area contributed by atoms with E-state index in [4.69, 9.17) is 27.6 Å². The Hall–Kier alpha value is -3.81. The monoisotopic (exact) mass is 460 g/mol. The van der Waals surface area contributed by atoms with Crippen molar-refractivity contribution in [1.82, 2.24) is 29.9 Å². The summed E-state index contributed by atoms with van der Waals surface area (Å²) in [5, 5.41) is 26.1. The predicted octanol–water partition coefficient (Wildman–Crippen LogP) is 3.09. The number of nitriles is 1. The minimum absolute atomic E-state index is 0.180. The lowest BCUT2D eigenvalue weighted by Crippen LogP contribution is -2.48. The van der Waals surface area contributed by atoms with Gasteiger partial charge in [-0.2, -0.15) is 10.4 Å². The third-order valence-electron chi connectivity index (χ3n) is 5.75. The molecule has 0 radical (unpaired) electrons. The fraction of sp³-hybridized carbons (Fsp3) is 0.273. The van der Waals surface area contributed by atoms with Crippen LogP contribution in [0.15, 0.2) is 42.7 Å². The third-order valence-corrected chi connectivity index (χ3v) is 6.07. The molecular formula is C22H21ClN10. The normalized spacial score (nSPS) is 18.3. The molecule has 1 aliphatic heterocycles. The van der Waals surface area contributed by atoms with Gasteiger partial charge < -0.3 is 16.0 Å². The van der Waals surface area contributed by atoms with Crippen LogP contribution in [0.3, 0.4) is 0 Å². The smallest absolute Gasteiger partial charge is 0.227 e. The van der Waals surface area contributed by atoms with Crippen molar-refractivity contribution in [2.24, 2.45) is 12.8 Å². The number of hydrogen-bond acceptors (Lipinski definition) is 9. The van der Waals surface area contributed by atoms with E-state index in [1.165, 1.54) is 0 Å². The molecule has 0 aliphatic carbocycles.